The molecule has 196 valence electrons. The van der Waals surface area contributed by atoms with E-state index in [2.05, 4.69) is 32.2 Å². The van der Waals surface area contributed by atoms with Crippen LogP contribution in [0.15, 0.2) is 77.2 Å². The fourth-order valence-electron chi connectivity index (χ4n) is 4.53. The van der Waals surface area contributed by atoms with Crippen LogP contribution in [0.25, 0.3) is 22.2 Å². The molecule has 10 nitrogen and oxygen atoms in total. The summed E-state index contributed by atoms with van der Waals surface area (Å²) in [5, 5.41) is 9.03. The molecule has 0 fully saturated rings. The molecule has 1 amide bonds. The highest BCUT2D eigenvalue weighted by Crippen LogP contribution is 2.21. The number of aromatic amines is 1. The number of anilines is 1. The summed E-state index contributed by atoms with van der Waals surface area (Å²) in [5.41, 5.74) is 8.68. The minimum absolute atomic E-state index is 0.175. The van der Waals surface area contributed by atoms with Crippen LogP contribution in [0.1, 0.15) is 45.4 Å². The molecule has 4 N–H and O–H groups in total. The van der Waals surface area contributed by atoms with Crippen molar-refractivity contribution < 1.29 is 9.31 Å². The summed E-state index contributed by atoms with van der Waals surface area (Å²) >= 11 is 1.51. The molecule has 0 saturated carbocycles. The second-order valence-corrected chi connectivity index (χ2v) is 10.1. The second-order valence-electron chi connectivity index (χ2n) is 9.06. The quantitative estimate of drug-likeness (QED) is 0.229. The molecule has 0 saturated heterocycles. The van der Waals surface area contributed by atoms with Crippen molar-refractivity contribution in [3.8, 4) is 17.5 Å². The van der Waals surface area contributed by atoms with Crippen LogP contribution in [-0.2, 0) is 0 Å². The number of hydrogen-bond donors (Lipinski definition) is 3. The van der Waals surface area contributed by atoms with E-state index in [4.69, 9.17) is 10.7 Å². The van der Waals surface area contributed by atoms with E-state index < -0.39 is 11.9 Å². The molecule has 0 bridgehead atoms. The Balaban J connectivity index is 1.48. The third kappa shape index (κ3) is 4.46. The van der Waals surface area contributed by atoms with Crippen LogP contribution in [0.5, 0.6) is 0 Å². The summed E-state index contributed by atoms with van der Waals surface area (Å²) in [7, 11) is 0. The molecule has 4 aromatic heterocycles. The van der Waals surface area contributed by atoms with Gasteiger partial charge in [0.25, 0.3) is 11.5 Å². The van der Waals surface area contributed by atoms with E-state index in [9.17, 15) is 9.59 Å². The van der Waals surface area contributed by atoms with Crippen LogP contribution in [0.4, 0.5) is 5.82 Å². The van der Waals surface area contributed by atoms with Gasteiger partial charge in [0.05, 0.1) is 27.6 Å². The molecule has 0 spiro atoms. The third-order valence-corrected chi connectivity index (χ3v) is 7.10. The van der Waals surface area contributed by atoms with Crippen molar-refractivity contribution >= 4 is 39.6 Å². The predicted octanol–water partition coefficient (Wildman–Crippen LogP) is 3.09. The van der Waals surface area contributed by atoms with Crippen molar-refractivity contribution in [3.63, 3.8) is 0 Å². The zero-order chi connectivity index (χ0) is 27.8. The molecule has 11 heteroatoms. The van der Waals surface area contributed by atoms with Gasteiger partial charge in [-0.25, -0.2) is 15.1 Å². The number of aryl methyl sites for hydroxylation is 1. The summed E-state index contributed by atoms with van der Waals surface area (Å²) in [6.07, 6.45) is 3.30. The van der Waals surface area contributed by atoms with E-state index in [1.54, 1.807) is 48.1 Å². The number of fused-ring (bicyclic) bond motifs is 2. The Kier molecular flexibility index (Phi) is 6.30. The van der Waals surface area contributed by atoms with Gasteiger partial charge >= 0.3 is 5.65 Å². The van der Waals surface area contributed by atoms with Gasteiger partial charge in [0, 0.05) is 17.0 Å². The molecule has 40 heavy (non-hydrogen) atoms. The van der Waals surface area contributed by atoms with Crippen LogP contribution >= 0.6 is 11.3 Å². The second kappa shape index (κ2) is 10.1. The first-order valence-corrected chi connectivity index (χ1v) is 13.3. The molecular formula is C29H23N8O2S+. The molecule has 6 rings (SSSR count). The number of benzene rings is 2. The lowest BCUT2D eigenvalue weighted by molar-refractivity contribution is -0.577. The van der Waals surface area contributed by atoms with Crippen molar-refractivity contribution in [1.82, 2.24) is 29.9 Å². The molecule has 6 aromatic rings. The number of nitrogens with zero attached hydrogens (tertiary/aromatic N) is 5. The Morgan fingerprint density at radius 2 is 1.95 bits per heavy atom. The minimum atomic E-state index is -0.671. The highest BCUT2D eigenvalue weighted by Gasteiger charge is 2.27. The number of nitrogen functional groups attached to an aromatic ring is 1. The highest BCUT2D eigenvalue weighted by molar-refractivity contribution is 7.09. The number of carbonyl (C=O) groups excluding carboxylic acids is 1. The van der Waals surface area contributed by atoms with E-state index in [0.29, 0.717) is 39.3 Å². The smallest absolute Gasteiger partial charge is 0.362 e. The van der Waals surface area contributed by atoms with E-state index in [-0.39, 0.29) is 16.9 Å². The van der Waals surface area contributed by atoms with Crippen molar-refractivity contribution in [1.29, 1.82) is 0 Å². The number of thiazole rings is 1. The summed E-state index contributed by atoms with van der Waals surface area (Å²) in [6, 6.07) is 15.6. The number of rotatable bonds is 4. The third-order valence-electron chi connectivity index (χ3n) is 6.32. The molecule has 1 unspecified atom stereocenters. The average molecular weight is 548 g/mol. The first kappa shape index (κ1) is 25.0. The number of H-pyrrole nitrogens is 1. The maximum Gasteiger partial charge on any atom is 0.362 e. The van der Waals surface area contributed by atoms with Gasteiger partial charge in [-0.1, -0.05) is 30.2 Å². The molecule has 0 radical (unpaired) electrons. The van der Waals surface area contributed by atoms with Gasteiger partial charge in [0.2, 0.25) is 0 Å². The van der Waals surface area contributed by atoms with Crippen LogP contribution in [0, 0.1) is 18.8 Å². The van der Waals surface area contributed by atoms with Gasteiger partial charge in [0.15, 0.2) is 11.4 Å². The summed E-state index contributed by atoms with van der Waals surface area (Å²) < 4.78 is 3.08. The Hall–Kier alpha value is -5.34. The number of amides is 1. The van der Waals surface area contributed by atoms with E-state index in [1.165, 1.54) is 15.9 Å². The summed E-state index contributed by atoms with van der Waals surface area (Å²) in [4.78, 5) is 41.0. The number of nitrogens with two attached hydrogens (primary N) is 1. The maximum atomic E-state index is 14.1. The van der Waals surface area contributed by atoms with Gasteiger partial charge in [-0.05, 0) is 49.0 Å². The molecular weight excluding hydrogens is 524 g/mol. The van der Waals surface area contributed by atoms with Crippen molar-refractivity contribution in [2.75, 3.05) is 5.73 Å². The minimum Gasteiger partial charge on any atom is -0.382 e. The normalized spacial score (nSPS) is 11.8. The first-order valence-electron chi connectivity index (χ1n) is 12.4. The van der Waals surface area contributed by atoms with Crippen LogP contribution in [0.3, 0.4) is 0 Å². The molecule has 2 aromatic carbocycles. The van der Waals surface area contributed by atoms with Gasteiger partial charge in [-0.3, -0.25) is 14.2 Å². The monoisotopic (exact) mass is 547 g/mol. The number of nitrogens with one attached hydrogen (secondary N) is 2. The standard InChI is InChI=1S/C29H22N8O2S/c1-17(32-28(38)24-25(30)35-36-15-7-14-31-27(24)36)26-34-22-11-6-8-19(12-13-20-16-40-18(2)33-20)23(22)29(39)37(26)21-9-4-3-5-10-21/h3-11,14-17H,1-2H3,(H3,30,32,35,38)/p+1. The lowest BCUT2D eigenvalue weighted by Crippen LogP contribution is -2.34. The molecule has 0 aliphatic heterocycles. The van der Waals surface area contributed by atoms with E-state index in [0.717, 1.165) is 5.01 Å². The van der Waals surface area contributed by atoms with Gasteiger partial charge in [0.1, 0.15) is 23.9 Å². The van der Waals surface area contributed by atoms with Crippen LogP contribution in [0.2, 0.25) is 0 Å². The maximum absolute atomic E-state index is 14.1. The number of hydrogen-bond acceptors (Lipinski definition) is 7. The van der Waals surface area contributed by atoms with Crippen molar-refractivity contribution in [2.24, 2.45) is 0 Å². The Bertz CT molecular complexity index is 2030. The largest absolute Gasteiger partial charge is 0.382 e. The summed E-state index contributed by atoms with van der Waals surface area (Å²) in [5.74, 6) is 6.24. The molecule has 0 aliphatic rings. The lowest BCUT2D eigenvalue weighted by Gasteiger charge is -2.19. The van der Waals surface area contributed by atoms with E-state index >= 15 is 0 Å². The number of carbonyl (C=O) groups is 1. The number of para-hydroxylation sites is 1. The average Bonchev–Trinajstić information content (AvgIpc) is 3.53. The highest BCUT2D eigenvalue weighted by atomic mass is 32.1. The Morgan fingerprint density at radius 1 is 1.12 bits per heavy atom. The zero-order valence-electron chi connectivity index (χ0n) is 21.5. The Labute approximate surface area is 232 Å². The molecule has 1 atom stereocenters. The first-order chi connectivity index (χ1) is 19.4. The van der Waals surface area contributed by atoms with Gasteiger partial charge in [-0.15, -0.1) is 15.9 Å². The van der Waals surface area contributed by atoms with Crippen LogP contribution < -0.4 is 21.1 Å². The Morgan fingerprint density at radius 3 is 2.73 bits per heavy atom. The summed E-state index contributed by atoms with van der Waals surface area (Å²) in [6.45, 7) is 3.69. The fraction of sp³-hybridized carbons (Fsp3) is 0.103. The van der Waals surface area contributed by atoms with E-state index in [1.807, 2.05) is 42.6 Å². The van der Waals surface area contributed by atoms with Gasteiger partial charge < -0.3 is 11.1 Å². The van der Waals surface area contributed by atoms with Crippen molar-refractivity contribution in [3.05, 3.63) is 110 Å². The van der Waals surface area contributed by atoms with Crippen molar-refractivity contribution in [2.45, 2.75) is 19.9 Å². The number of aromatic nitrogens is 6. The lowest BCUT2D eigenvalue weighted by atomic mass is 10.1. The van der Waals surface area contributed by atoms with Crippen LogP contribution in [-0.4, -0.2) is 30.5 Å². The fourth-order valence-corrected chi connectivity index (χ4v) is 5.08. The predicted molar refractivity (Wildman–Crippen MR) is 152 cm³/mol. The van der Waals surface area contributed by atoms with Gasteiger partial charge in [-0.2, -0.15) is 0 Å². The zero-order valence-corrected chi connectivity index (χ0v) is 22.4. The SMILES string of the molecule is Cc1nc(C#Cc2cccc3nc(C(C)NC(=O)c4c(N)[nH][n+]5cccnc45)n(-c4ccccc4)c(=O)c23)cs1. The topological polar surface area (TPSA) is 136 Å². The molecule has 4 heterocycles. The molecule has 0 aliphatic carbocycles.